The molecule has 1 amide bonds. The van der Waals surface area contributed by atoms with Crippen LogP contribution in [0.15, 0.2) is 36.4 Å². The van der Waals surface area contributed by atoms with Crippen LogP contribution >= 0.6 is 0 Å². The Morgan fingerprint density at radius 1 is 1.23 bits per heavy atom. The predicted octanol–water partition coefficient (Wildman–Crippen LogP) is 2.75. The van der Waals surface area contributed by atoms with Crippen molar-refractivity contribution in [3.63, 3.8) is 0 Å². The topological polar surface area (TPSA) is 74.0 Å². The Bertz CT molecular complexity index is 797. The molecule has 0 atom stereocenters. The molecule has 0 radical (unpaired) electrons. The maximum Gasteiger partial charge on any atom is 0.387 e. The Morgan fingerprint density at radius 2 is 1.88 bits per heavy atom. The second-order valence-corrected chi connectivity index (χ2v) is 5.75. The van der Waals surface area contributed by atoms with Gasteiger partial charge in [0.1, 0.15) is 5.75 Å². The highest BCUT2D eigenvalue weighted by atomic mass is 19.3. The zero-order valence-corrected chi connectivity index (χ0v) is 14.1. The van der Waals surface area contributed by atoms with Gasteiger partial charge in [0, 0.05) is 37.3 Å². The van der Waals surface area contributed by atoms with Gasteiger partial charge in [-0.1, -0.05) is 12.1 Å². The Kier molecular flexibility index (Phi) is 5.22. The molecule has 6 nitrogen and oxygen atoms in total. The molecule has 2 aromatic rings. The Hall–Kier alpha value is -2.87. The average molecular weight is 364 g/mol. The number of benzene rings is 2. The summed E-state index contributed by atoms with van der Waals surface area (Å²) in [5.41, 5.74) is 7.32. The lowest BCUT2D eigenvalue weighted by molar-refractivity contribution is -0.0507. The molecular formula is C18H18F2N2O4. The molecule has 0 unspecified atom stereocenters. The van der Waals surface area contributed by atoms with Crippen LogP contribution in [0.3, 0.4) is 0 Å². The lowest BCUT2D eigenvalue weighted by atomic mass is 10.1. The van der Waals surface area contributed by atoms with E-state index in [0.29, 0.717) is 29.2 Å². The first-order valence-electron chi connectivity index (χ1n) is 7.89. The van der Waals surface area contributed by atoms with Gasteiger partial charge in [-0.2, -0.15) is 8.78 Å². The Labute approximate surface area is 149 Å². The SMILES string of the molecule is CN(Cc1cc2c(cc1OC(F)F)OCO2)C(=O)c1ccc(CN)cc1. The van der Waals surface area contributed by atoms with Gasteiger partial charge in [-0.25, -0.2) is 0 Å². The molecule has 0 spiro atoms. The van der Waals surface area contributed by atoms with Crippen molar-refractivity contribution in [2.24, 2.45) is 5.73 Å². The van der Waals surface area contributed by atoms with Gasteiger partial charge in [0.2, 0.25) is 6.79 Å². The molecule has 0 saturated heterocycles. The summed E-state index contributed by atoms with van der Waals surface area (Å²) in [6.07, 6.45) is 0. The molecule has 0 bridgehead atoms. The summed E-state index contributed by atoms with van der Waals surface area (Å²) in [5.74, 6) is 0.446. The molecule has 2 aromatic carbocycles. The van der Waals surface area contributed by atoms with Crippen molar-refractivity contribution in [1.29, 1.82) is 0 Å². The zero-order chi connectivity index (χ0) is 18.7. The summed E-state index contributed by atoms with van der Waals surface area (Å²) in [6.45, 7) is -2.53. The van der Waals surface area contributed by atoms with E-state index in [-0.39, 0.29) is 25.0 Å². The minimum absolute atomic E-state index is 0.00909. The maximum absolute atomic E-state index is 12.7. The third-order valence-electron chi connectivity index (χ3n) is 3.96. The minimum atomic E-state index is -2.99. The molecule has 1 heterocycles. The average Bonchev–Trinajstić information content (AvgIpc) is 3.08. The number of carbonyl (C=O) groups excluding carboxylic acids is 1. The van der Waals surface area contributed by atoms with Crippen molar-refractivity contribution >= 4 is 5.91 Å². The van der Waals surface area contributed by atoms with E-state index in [1.54, 1.807) is 37.4 Å². The number of halogens is 2. The van der Waals surface area contributed by atoms with E-state index in [4.69, 9.17) is 15.2 Å². The van der Waals surface area contributed by atoms with E-state index in [1.807, 2.05) is 0 Å². The first-order valence-corrected chi connectivity index (χ1v) is 7.89. The van der Waals surface area contributed by atoms with E-state index >= 15 is 0 Å². The number of nitrogens with zero attached hydrogens (tertiary/aromatic N) is 1. The van der Waals surface area contributed by atoms with Crippen LogP contribution in [0, 0.1) is 0 Å². The van der Waals surface area contributed by atoms with E-state index in [2.05, 4.69) is 4.74 Å². The van der Waals surface area contributed by atoms with Gasteiger partial charge in [-0.15, -0.1) is 0 Å². The number of hydrogen-bond donors (Lipinski definition) is 1. The van der Waals surface area contributed by atoms with Crippen molar-refractivity contribution in [2.75, 3.05) is 13.8 Å². The largest absolute Gasteiger partial charge is 0.454 e. The molecule has 1 aliphatic heterocycles. The molecule has 2 N–H and O–H groups in total. The summed E-state index contributed by atoms with van der Waals surface area (Å²) in [4.78, 5) is 14.0. The molecule has 0 fully saturated rings. The van der Waals surface area contributed by atoms with Crippen LogP contribution < -0.4 is 19.9 Å². The normalized spacial score (nSPS) is 12.3. The van der Waals surface area contributed by atoms with Crippen molar-refractivity contribution in [3.8, 4) is 17.2 Å². The monoisotopic (exact) mass is 364 g/mol. The van der Waals surface area contributed by atoms with Crippen LogP contribution in [0.25, 0.3) is 0 Å². The maximum atomic E-state index is 12.7. The highest BCUT2D eigenvalue weighted by Crippen LogP contribution is 2.39. The molecule has 0 aromatic heterocycles. The zero-order valence-electron chi connectivity index (χ0n) is 14.1. The van der Waals surface area contributed by atoms with Gasteiger partial charge in [0.15, 0.2) is 11.5 Å². The Morgan fingerprint density at radius 3 is 2.50 bits per heavy atom. The summed E-state index contributed by atoms with van der Waals surface area (Å²) >= 11 is 0. The Balaban J connectivity index is 1.81. The summed E-state index contributed by atoms with van der Waals surface area (Å²) < 4.78 is 40.4. The summed E-state index contributed by atoms with van der Waals surface area (Å²) in [7, 11) is 1.58. The molecule has 0 saturated carbocycles. The van der Waals surface area contributed by atoms with E-state index in [9.17, 15) is 13.6 Å². The quantitative estimate of drug-likeness (QED) is 0.853. The van der Waals surface area contributed by atoms with Gasteiger partial charge in [-0.3, -0.25) is 4.79 Å². The fourth-order valence-electron chi connectivity index (χ4n) is 2.63. The van der Waals surface area contributed by atoms with Crippen LogP contribution in [-0.2, 0) is 13.1 Å². The molecule has 8 heteroatoms. The van der Waals surface area contributed by atoms with Crippen LogP contribution in [0.5, 0.6) is 17.2 Å². The van der Waals surface area contributed by atoms with Crippen LogP contribution in [0.4, 0.5) is 8.78 Å². The van der Waals surface area contributed by atoms with E-state index < -0.39 is 6.61 Å². The standard InChI is InChI=1S/C18H18F2N2O4/c1-22(17(23)12-4-2-11(8-21)3-5-12)9-13-6-15-16(25-10-24-15)7-14(13)26-18(19)20/h2-7,18H,8-10,21H2,1H3. The first kappa shape index (κ1) is 17.9. The van der Waals surface area contributed by atoms with Crippen molar-refractivity contribution in [3.05, 3.63) is 53.1 Å². The number of amides is 1. The third kappa shape index (κ3) is 3.85. The minimum Gasteiger partial charge on any atom is -0.454 e. The lowest BCUT2D eigenvalue weighted by Gasteiger charge is -2.20. The van der Waals surface area contributed by atoms with Crippen molar-refractivity contribution in [1.82, 2.24) is 4.90 Å². The molecular weight excluding hydrogens is 346 g/mol. The van der Waals surface area contributed by atoms with Crippen LogP contribution in [-0.4, -0.2) is 31.3 Å². The number of rotatable bonds is 6. The van der Waals surface area contributed by atoms with Crippen molar-refractivity contribution in [2.45, 2.75) is 19.7 Å². The third-order valence-corrected chi connectivity index (χ3v) is 3.96. The number of fused-ring (bicyclic) bond motifs is 1. The second kappa shape index (κ2) is 7.57. The summed E-state index contributed by atoms with van der Waals surface area (Å²) in [5, 5.41) is 0. The van der Waals surface area contributed by atoms with Crippen LogP contribution in [0.1, 0.15) is 21.5 Å². The lowest BCUT2D eigenvalue weighted by Crippen LogP contribution is -2.26. The second-order valence-electron chi connectivity index (χ2n) is 5.75. The molecule has 0 aliphatic carbocycles. The van der Waals surface area contributed by atoms with Gasteiger partial charge in [-0.05, 0) is 23.8 Å². The fourth-order valence-corrected chi connectivity index (χ4v) is 2.63. The number of carbonyl (C=O) groups is 1. The van der Waals surface area contributed by atoms with E-state index in [0.717, 1.165) is 5.56 Å². The van der Waals surface area contributed by atoms with Gasteiger partial charge < -0.3 is 24.8 Å². The van der Waals surface area contributed by atoms with Crippen molar-refractivity contribution < 1.29 is 27.8 Å². The molecule has 26 heavy (non-hydrogen) atoms. The van der Waals surface area contributed by atoms with Gasteiger partial charge in [0.25, 0.3) is 5.91 Å². The molecule has 3 rings (SSSR count). The van der Waals surface area contributed by atoms with Crippen LogP contribution in [0.2, 0.25) is 0 Å². The van der Waals surface area contributed by atoms with Gasteiger partial charge in [0.05, 0.1) is 0 Å². The fraction of sp³-hybridized carbons (Fsp3) is 0.278. The molecule has 1 aliphatic rings. The predicted molar refractivity (Wildman–Crippen MR) is 89.3 cm³/mol. The summed E-state index contributed by atoms with van der Waals surface area (Å²) in [6, 6.07) is 9.79. The number of nitrogens with two attached hydrogens (primary N) is 1. The smallest absolute Gasteiger partial charge is 0.387 e. The highest BCUT2D eigenvalue weighted by Gasteiger charge is 2.22. The number of alkyl halides is 2. The number of hydrogen-bond acceptors (Lipinski definition) is 5. The molecule has 138 valence electrons. The highest BCUT2D eigenvalue weighted by molar-refractivity contribution is 5.94. The van der Waals surface area contributed by atoms with Gasteiger partial charge >= 0.3 is 6.61 Å². The van der Waals surface area contributed by atoms with E-state index in [1.165, 1.54) is 11.0 Å². The number of ether oxygens (including phenoxy) is 3. The first-order chi connectivity index (χ1) is 12.5.